The summed E-state index contributed by atoms with van der Waals surface area (Å²) < 4.78 is 0. The third-order valence-corrected chi connectivity index (χ3v) is 4.13. The van der Waals surface area contributed by atoms with Crippen molar-refractivity contribution >= 4 is 11.9 Å². The van der Waals surface area contributed by atoms with Gasteiger partial charge in [-0.05, 0) is 30.9 Å². The van der Waals surface area contributed by atoms with Crippen molar-refractivity contribution in [1.82, 2.24) is 4.90 Å². The smallest absolute Gasteiger partial charge is 0.311 e. The molecule has 1 saturated heterocycles. The fourth-order valence-electron chi connectivity index (χ4n) is 2.53. The van der Waals surface area contributed by atoms with Crippen LogP contribution < -0.4 is 0 Å². The molecule has 0 aromatic heterocycles. The lowest BCUT2D eigenvalue weighted by Gasteiger charge is -2.20. The second-order valence-electron chi connectivity index (χ2n) is 5.78. The van der Waals surface area contributed by atoms with E-state index in [4.69, 9.17) is 0 Å². The largest absolute Gasteiger partial charge is 0.481 e. The Morgan fingerprint density at radius 1 is 1.25 bits per heavy atom. The summed E-state index contributed by atoms with van der Waals surface area (Å²) >= 11 is 0. The number of carboxylic acid groups (broad SMARTS) is 1. The zero-order chi connectivity index (χ0) is 14.8. The Morgan fingerprint density at radius 3 is 2.35 bits per heavy atom. The van der Waals surface area contributed by atoms with Gasteiger partial charge in [-0.25, -0.2) is 0 Å². The first kappa shape index (κ1) is 14.6. The fraction of sp³-hybridized carbons (Fsp3) is 0.500. The highest BCUT2D eigenvalue weighted by Crippen LogP contribution is 2.30. The van der Waals surface area contributed by atoms with Crippen LogP contribution in [0.2, 0.25) is 0 Å². The molecule has 0 bridgehead atoms. The molecule has 1 N–H and O–H groups in total. The molecule has 1 aromatic carbocycles. The van der Waals surface area contributed by atoms with Crippen molar-refractivity contribution in [2.45, 2.75) is 33.1 Å². The molecule has 108 valence electrons. The summed E-state index contributed by atoms with van der Waals surface area (Å²) in [6.07, 6.45) is 1.86. The van der Waals surface area contributed by atoms with Crippen molar-refractivity contribution in [2.75, 3.05) is 13.1 Å². The van der Waals surface area contributed by atoms with Crippen molar-refractivity contribution in [2.24, 2.45) is 5.41 Å². The van der Waals surface area contributed by atoms with Crippen LogP contribution in [-0.2, 0) is 22.4 Å². The maximum atomic E-state index is 12.2. The molecule has 1 fully saturated rings. The normalized spacial score (nSPS) is 22.0. The predicted molar refractivity (Wildman–Crippen MR) is 76.5 cm³/mol. The summed E-state index contributed by atoms with van der Waals surface area (Å²) in [4.78, 5) is 25.1. The third kappa shape index (κ3) is 3.00. The summed E-state index contributed by atoms with van der Waals surface area (Å²) in [7, 11) is 0. The molecule has 0 spiro atoms. The van der Waals surface area contributed by atoms with Gasteiger partial charge >= 0.3 is 5.97 Å². The molecule has 1 amide bonds. The van der Waals surface area contributed by atoms with Crippen LogP contribution in [0.3, 0.4) is 0 Å². The lowest BCUT2D eigenvalue weighted by atomic mass is 9.90. The van der Waals surface area contributed by atoms with Crippen molar-refractivity contribution in [3.8, 4) is 0 Å². The zero-order valence-electron chi connectivity index (χ0n) is 12.1. The molecule has 4 heteroatoms. The van der Waals surface area contributed by atoms with Gasteiger partial charge in [0.05, 0.1) is 11.8 Å². The quantitative estimate of drug-likeness (QED) is 0.915. The molecule has 0 unspecified atom stereocenters. The summed E-state index contributed by atoms with van der Waals surface area (Å²) in [5.74, 6) is -0.806. The molecule has 20 heavy (non-hydrogen) atoms. The van der Waals surface area contributed by atoms with Gasteiger partial charge in [0, 0.05) is 13.1 Å². The van der Waals surface area contributed by atoms with E-state index in [2.05, 4.69) is 6.92 Å². The van der Waals surface area contributed by atoms with Crippen LogP contribution >= 0.6 is 0 Å². The van der Waals surface area contributed by atoms with Gasteiger partial charge in [0.15, 0.2) is 0 Å². The Balaban J connectivity index is 1.97. The zero-order valence-corrected chi connectivity index (χ0v) is 12.1. The molecule has 2 rings (SSSR count). The van der Waals surface area contributed by atoms with Crippen LogP contribution in [0, 0.1) is 5.41 Å². The monoisotopic (exact) mass is 275 g/mol. The number of benzene rings is 1. The Morgan fingerprint density at radius 2 is 1.85 bits per heavy atom. The number of carbonyl (C=O) groups excluding carboxylic acids is 1. The molecule has 4 nitrogen and oxygen atoms in total. The second-order valence-corrected chi connectivity index (χ2v) is 5.78. The van der Waals surface area contributed by atoms with E-state index in [1.54, 1.807) is 11.8 Å². The molecule has 1 aliphatic rings. The van der Waals surface area contributed by atoms with E-state index in [0.717, 1.165) is 12.0 Å². The Labute approximate surface area is 119 Å². The van der Waals surface area contributed by atoms with Gasteiger partial charge in [-0.1, -0.05) is 31.2 Å². The van der Waals surface area contributed by atoms with Crippen LogP contribution in [0.1, 0.15) is 31.4 Å². The fourth-order valence-corrected chi connectivity index (χ4v) is 2.53. The molecule has 1 aromatic rings. The van der Waals surface area contributed by atoms with Gasteiger partial charge < -0.3 is 10.0 Å². The molecular formula is C16H21NO3. The van der Waals surface area contributed by atoms with Crippen molar-refractivity contribution < 1.29 is 14.7 Å². The Kier molecular flexibility index (Phi) is 4.12. The Hall–Kier alpha value is -1.84. The van der Waals surface area contributed by atoms with Crippen LogP contribution in [0.5, 0.6) is 0 Å². The van der Waals surface area contributed by atoms with Crippen molar-refractivity contribution in [3.63, 3.8) is 0 Å². The highest BCUT2D eigenvalue weighted by Gasteiger charge is 2.41. The predicted octanol–water partition coefficient (Wildman–Crippen LogP) is 2.11. The number of aliphatic carboxylic acids is 1. The van der Waals surface area contributed by atoms with E-state index in [9.17, 15) is 14.7 Å². The highest BCUT2D eigenvalue weighted by molar-refractivity contribution is 5.82. The summed E-state index contributed by atoms with van der Waals surface area (Å²) in [6, 6.07) is 8.02. The second kappa shape index (κ2) is 5.65. The van der Waals surface area contributed by atoms with Crippen LogP contribution in [0.4, 0.5) is 0 Å². The SMILES string of the molecule is CCc1ccc(CC(=O)N2CC[C@@](C)(C(=O)O)C2)cc1. The van der Waals surface area contributed by atoms with E-state index in [1.807, 2.05) is 24.3 Å². The van der Waals surface area contributed by atoms with E-state index in [0.29, 0.717) is 25.9 Å². The van der Waals surface area contributed by atoms with Crippen molar-refractivity contribution in [3.05, 3.63) is 35.4 Å². The molecule has 1 heterocycles. The molecule has 0 radical (unpaired) electrons. The van der Waals surface area contributed by atoms with E-state index < -0.39 is 11.4 Å². The standard InChI is InChI=1S/C16H21NO3/c1-3-12-4-6-13(7-5-12)10-14(18)17-9-8-16(2,11-17)15(19)20/h4-7H,3,8-11H2,1-2H3,(H,19,20)/t16-/m1/s1. The first-order valence-corrected chi connectivity index (χ1v) is 7.03. The number of aryl methyl sites for hydroxylation is 1. The van der Waals surface area contributed by atoms with Crippen LogP contribution in [0.15, 0.2) is 24.3 Å². The van der Waals surface area contributed by atoms with E-state index >= 15 is 0 Å². The van der Waals surface area contributed by atoms with Crippen molar-refractivity contribution in [1.29, 1.82) is 0 Å². The number of amides is 1. The third-order valence-electron chi connectivity index (χ3n) is 4.13. The van der Waals surface area contributed by atoms with Gasteiger partial charge in [-0.2, -0.15) is 0 Å². The summed E-state index contributed by atoms with van der Waals surface area (Å²) in [5, 5.41) is 9.18. The lowest BCUT2D eigenvalue weighted by Crippen LogP contribution is -2.35. The lowest BCUT2D eigenvalue weighted by molar-refractivity contribution is -0.147. The van der Waals surface area contributed by atoms with Gasteiger partial charge in [0.2, 0.25) is 5.91 Å². The van der Waals surface area contributed by atoms with Gasteiger partial charge in [0.25, 0.3) is 0 Å². The van der Waals surface area contributed by atoms with E-state index in [-0.39, 0.29) is 5.91 Å². The molecule has 0 saturated carbocycles. The average molecular weight is 275 g/mol. The molecular weight excluding hydrogens is 254 g/mol. The number of hydrogen-bond donors (Lipinski definition) is 1. The van der Waals surface area contributed by atoms with Crippen LogP contribution in [-0.4, -0.2) is 35.0 Å². The van der Waals surface area contributed by atoms with E-state index in [1.165, 1.54) is 5.56 Å². The highest BCUT2D eigenvalue weighted by atomic mass is 16.4. The summed E-state index contributed by atoms with van der Waals surface area (Å²) in [6.45, 7) is 4.65. The minimum atomic E-state index is -0.819. The molecule has 1 atom stereocenters. The average Bonchev–Trinajstić information content (AvgIpc) is 2.84. The van der Waals surface area contributed by atoms with Gasteiger partial charge in [-0.3, -0.25) is 9.59 Å². The van der Waals surface area contributed by atoms with Crippen LogP contribution in [0.25, 0.3) is 0 Å². The number of likely N-dealkylation sites (tertiary alicyclic amines) is 1. The minimum absolute atomic E-state index is 0.0132. The Bertz CT molecular complexity index is 509. The maximum absolute atomic E-state index is 12.2. The number of nitrogens with zero attached hydrogens (tertiary/aromatic N) is 1. The minimum Gasteiger partial charge on any atom is -0.481 e. The number of carboxylic acids is 1. The first-order valence-electron chi connectivity index (χ1n) is 7.03. The maximum Gasteiger partial charge on any atom is 0.311 e. The topological polar surface area (TPSA) is 57.6 Å². The van der Waals surface area contributed by atoms with Gasteiger partial charge in [0.1, 0.15) is 0 Å². The number of hydrogen-bond acceptors (Lipinski definition) is 2. The first-order chi connectivity index (χ1) is 9.44. The number of carbonyl (C=O) groups is 2. The molecule has 1 aliphatic heterocycles. The molecule has 0 aliphatic carbocycles. The number of rotatable bonds is 4. The summed E-state index contributed by atoms with van der Waals surface area (Å²) in [5.41, 5.74) is 1.44. The van der Waals surface area contributed by atoms with Gasteiger partial charge in [-0.15, -0.1) is 0 Å².